The number of nitrogens with zero attached hydrogens (tertiary/aromatic N) is 4. The summed E-state index contributed by atoms with van der Waals surface area (Å²) in [6, 6.07) is 0. The molecule has 0 aromatic carbocycles. The maximum atomic E-state index is 13.1. The second-order valence-electron chi connectivity index (χ2n) is 14.0. The third-order valence-corrected chi connectivity index (χ3v) is 11.8. The van der Waals surface area contributed by atoms with Crippen molar-refractivity contribution in [2.75, 3.05) is 52.4 Å². The lowest BCUT2D eigenvalue weighted by molar-refractivity contribution is -0.168. The zero-order valence-electron chi connectivity index (χ0n) is 25.1. The summed E-state index contributed by atoms with van der Waals surface area (Å²) in [5, 5.41) is 0. The molecule has 0 unspecified atom stereocenters. The van der Waals surface area contributed by atoms with Crippen molar-refractivity contribution >= 4 is 23.6 Å². The Morgan fingerprint density at radius 1 is 0.575 bits per heavy atom. The van der Waals surface area contributed by atoms with E-state index in [1.165, 1.54) is 9.80 Å². The number of piperazine rings is 1. The fourth-order valence-corrected chi connectivity index (χ4v) is 7.81. The predicted octanol–water partition coefficient (Wildman–Crippen LogP) is 2.23. The van der Waals surface area contributed by atoms with E-state index in [1.54, 1.807) is 0 Å². The minimum Gasteiger partial charge on any atom is -0.290 e. The SMILES string of the molecule is CC1(C)[C@H]2CC[C@@]1(C)C(=O)N(CC#CCN1CCN(CC#CCN3C(=O)[C@H]4CC[C@](C)(C3=O)C4(C)C)CC1)C2=O. The molecular formula is C32H44N4O4. The van der Waals surface area contributed by atoms with Crippen molar-refractivity contribution in [1.82, 2.24) is 19.6 Å². The molecule has 4 bridgehead atoms. The number of piperidine rings is 2. The van der Waals surface area contributed by atoms with Crippen LogP contribution in [0.4, 0.5) is 0 Å². The van der Waals surface area contributed by atoms with Crippen LogP contribution in [-0.4, -0.2) is 95.6 Å². The van der Waals surface area contributed by atoms with Crippen LogP contribution in [0.25, 0.3) is 0 Å². The molecule has 0 aromatic heterocycles. The molecule has 2 saturated carbocycles. The lowest BCUT2D eigenvalue weighted by atomic mass is 9.62. The van der Waals surface area contributed by atoms with E-state index in [0.717, 1.165) is 51.9 Å². The monoisotopic (exact) mass is 548 g/mol. The van der Waals surface area contributed by atoms with Gasteiger partial charge in [-0.2, -0.15) is 0 Å². The van der Waals surface area contributed by atoms with Crippen molar-refractivity contribution in [3.63, 3.8) is 0 Å². The van der Waals surface area contributed by atoms with E-state index in [9.17, 15) is 19.2 Å². The van der Waals surface area contributed by atoms with Crippen LogP contribution in [0.2, 0.25) is 0 Å². The molecule has 5 fully saturated rings. The second-order valence-corrected chi connectivity index (χ2v) is 14.0. The molecule has 5 rings (SSSR count). The topological polar surface area (TPSA) is 81.2 Å². The van der Waals surface area contributed by atoms with Gasteiger partial charge in [0.15, 0.2) is 0 Å². The van der Waals surface area contributed by atoms with Gasteiger partial charge in [0.1, 0.15) is 0 Å². The lowest BCUT2D eigenvalue weighted by Crippen LogP contribution is -2.59. The second kappa shape index (κ2) is 10.00. The molecule has 0 radical (unpaired) electrons. The maximum absolute atomic E-state index is 13.1. The summed E-state index contributed by atoms with van der Waals surface area (Å²) in [6.45, 7) is 17.2. The molecular weight excluding hydrogens is 504 g/mol. The Bertz CT molecular complexity index is 1140. The number of likely N-dealkylation sites (tertiary alicyclic amines) is 2. The van der Waals surface area contributed by atoms with Crippen molar-refractivity contribution in [3.05, 3.63) is 0 Å². The highest BCUT2D eigenvalue weighted by Gasteiger charge is 2.65. The third kappa shape index (κ3) is 4.22. The fourth-order valence-electron chi connectivity index (χ4n) is 7.81. The predicted molar refractivity (Wildman–Crippen MR) is 151 cm³/mol. The normalized spacial score (nSPS) is 35.0. The minimum atomic E-state index is -0.486. The molecule has 0 aromatic rings. The van der Waals surface area contributed by atoms with Gasteiger partial charge >= 0.3 is 0 Å². The average molecular weight is 549 g/mol. The van der Waals surface area contributed by atoms with E-state index < -0.39 is 10.8 Å². The van der Waals surface area contributed by atoms with Gasteiger partial charge < -0.3 is 0 Å². The first-order chi connectivity index (χ1) is 18.8. The van der Waals surface area contributed by atoms with Crippen LogP contribution in [-0.2, 0) is 19.2 Å². The molecule has 4 atom stereocenters. The molecule has 0 N–H and O–H groups in total. The molecule has 8 heteroatoms. The summed E-state index contributed by atoms with van der Waals surface area (Å²) >= 11 is 0. The number of hydrogen-bond donors (Lipinski definition) is 0. The van der Waals surface area contributed by atoms with Gasteiger partial charge in [-0.1, -0.05) is 65.2 Å². The minimum absolute atomic E-state index is 0.0617. The third-order valence-electron chi connectivity index (χ3n) is 11.8. The van der Waals surface area contributed by atoms with Crippen LogP contribution in [0.1, 0.15) is 67.2 Å². The van der Waals surface area contributed by atoms with Gasteiger partial charge in [-0.3, -0.25) is 38.8 Å². The van der Waals surface area contributed by atoms with Gasteiger partial charge in [0, 0.05) is 38.0 Å². The van der Waals surface area contributed by atoms with Crippen LogP contribution < -0.4 is 0 Å². The summed E-state index contributed by atoms with van der Waals surface area (Å²) in [4.78, 5) is 59.5. The fraction of sp³-hybridized carbons (Fsp3) is 0.750. The van der Waals surface area contributed by atoms with Crippen molar-refractivity contribution in [2.45, 2.75) is 67.2 Å². The van der Waals surface area contributed by atoms with E-state index in [2.05, 4.69) is 61.2 Å². The van der Waals surface area contributed by atoms with Crippen LogP contribution in [0, 0.1) is 57.2 Å². The first-order valence-corrected chi connectivity index (χ1v) is 14.8. The van der Waals surface area contributed by atoms with Gasteiger partial charge in [0.25, 0.3) is 0 Å². The average Bonchev–Trinajstić information content (AvgIpc) is 3.22. The van der Waals surface area contributed by atoms with Crippen molar-refractivity contribution < 1.29 is 19.2 Å². The molecule has 3 heterocycles. The van der Waals surface area contributed by atoms with Gasteiger partial charge in [0.05, 0.1) is 37.0 Å². The van der Waals surface area contributed by atoms with Crippen LogP contribution in [0.3, 0.4) is 0 Å². The summed E-state index contributed by atoms with van der Waals surface area (Å²) in [5.41, 5.74) is -1.57. The molecule has 216 valence electrons. The van der Waals surface area contributed by atoms with Crippen molar-refractivity contribution in [1.29, 1.82) is 0 Å². The first kappa shape index (κ1) is 28.8. The highest BCUT2D eigenvalue weighted by atomic mass is 16.2. The highest BCUT2D eigenvalue weighted by Crippen LogP contribution is 2.61. The smallest absolute Gasteiger partial charge is 0.236 e. The Labute approximate surface area is 239 Å². The summed E-state index contributed by atoms with van der Waals surface area (Å²) in [5.74, 6) is 12.1. The number of amides is 4. The summed E-state index contributed by atoms with van der Waals surface area (Å²) in [7, 11) is 0. The van der Waals surface area contributed by atoms with E-state index >= 15 is 0 Å². The quantitative estimate of drug-likeness (QED) is 0.396. The lowest BCUT2D eigenvalue weighted by Gasteiger charge is -2.47. The number of imide groups is 2. The van der Waals surface area contributed by atoms with Gasteiger partial charge in [-0.15, -0.1) is 0 Å². The Balaban J connectivity index is 1.05. The number of carbonyl (C=O) groups excluding carboxylic acids is 4. The van der Waals surface area contributed by atoms with E-state index in [4.69, 9.17) is 0 Å². The number of rotatable bonds is 4. The van der Waals surface area contributed by atoms with Gasteiger partial charge in [0.2, 0.25) is 23.6 Å². The van der Waals surface area contributed by atoms with E-state index in [1.807, 2.05) is 13.8 Å². The molecule has 8 nitrogen and oxygen atoms in total. The molecule has 40 heavy (non-hydrogen) atoms. The molecule has 3 aliphatic heterocycles. The van der Waals surface area contributed by atoms with Crippen LogP contribution in [0.5, 0.6) is 0 Å². The van der Waals surface area contributed by atoms with Crippen molar-refractivity contribution in [3.8, 4) is 23.7 Å². The molecule has 5 aliphatic rings. The standard InChI is InChI=1S/C32H44N4O4/c1-29(2)23-11-13-31(29,5)27(39)35(25(23)37)17-9-7-15-33-19-21-34(22-20-33)16-8-10-18-36-26(38)24-12-14-32(6,28(36)40)30(24,3)4/h23-24H,11-22H2,1-6H3/t23-,24+,31-,32+. The van der Waals surface area contributed by atoms with Crippen LogP contribution >= 0.6 is 0 Å². The molecule has 4 amide bonds. The van der Waals surface area contributed by atoms with E-state index in [-0.39, 0.29) is 59.4 Å². The number of hydrogen-bond acceptors (Lipinski definition) is 6. The van der Waals surface area contributed by atoms with Crippen molar-refractivity contribution in [2.24, 2.45) is 33.5 Å². The zero-order chi connectivity index (χ0) is 29.1. The Morgan fingerprint density at radius 2 is 0.900 bits per heavy atom. The highest BCUT2D eigenvalue weighted by molar-refractivity contribution is 6.04. The Kier molecular flexibility index (Phi) is 7.21. The Morgan fingerprint density at radius 3 is 1.25 bits per heavy atom. The molecule has 0 spiro atoms. The number of fused-ring (bicyclic) bond motifs is 4. The van der Waals surface area contributed by atoms with E-state index in [0.29, 0.717) is 13.1 Å². The summed E-state index contributed by atoms with van der Waals surface area (Å²) < 4.78 is 0. The largest absolute Gasteiger partial charge is 0.290 e. The first-order valence-electron chi connectivity index (χ1n) is 14.8. The zero-order valence-corrected chi connectivity index (χ0v) is 25.1. The van der Waals surface area contributed by atoms with Gasteiger partial charge in [-0.25, -0.2) is 0 Å². The Hall–Kier alpha value is -2.68. The summed E-state index contributed by atoms with van der Waals surface area (Å²) in [6.07, 6.45) is 3.08. The molecule has 2 aliphatic carbocycles. The van der Waals surface area contributed by atoms with Crippen LogP contribution in [0.15, 0.2) is 0 Å². The number of carbonyl (C=O) groups is 4. The van der Waals surface area contributed by atoms with Gasteiger partial charge in [-0.05, 0) is 36.5 Å². The maximum Gasteiger partial charge on any atom is 0.236 e. The molecule has 3 saturated heterocycles.